The van der Waals surface area contributed by atoms with Crippen LogP contribution in [0.5, 0.6) is 17.2 Å². The van der Waals surface area contributed by atoms with Crippen molar-refractivity contribution in [3.8, 4) is 17.2 Å². The van der Waals surface area contributed by atoms with Crippen molar-refractivity contribution in [1.29, 1.82) is 0 Å². The van der Waals surface area contributed by atoms with Crippen LogP contribution < -0.4 is 19.5 Å². The van der Waals surface area contributed by atoms with Crippen LogP contribution in [0.15, 0.2) is 47.8 Å². The number of hydrogen-bond acceptors (Lipinski definition) is 6. The lowest BCUT2D eigenvalue weighted by Gasteiger charge is -2.05. The summed E-state index contributed by atoms with van der Waals surface area (Å²) in [5.74, 6) is 1.83. The van der Waals surface area contributed by atoms with Crippen LogP contribution in [-0.4, -0.2) is 17.7 Å². The number of benzene rings is 2. The second kappa shape index (κ2) is 7.85. The van der Waals surface area contributed by atoms with Crippen molar-refractivity contribution in [1.82, 2.24) is 10.3 Å². The number of fused-ring (bicyclic) bond motifs is 1. The van der Waals surface area contributed by atoms with E-state index in [1.807, 2.05) is 30.3 Å². The highest BCUT2D eigenvalue weighted by molar-refractivity contribution is 7.09. The number of carbonyl (C=O) groups is 1. The van der Waals surface area contributed by atoms with Gasteiger partial charge in [-0.05, 0) is 35.9 Å². The molecule has 2 heterocycles. The van der Waals surface area contributed by atoms with Crippen molar-refractivity contribution in [2.45, 2.75) is 13.2 Å². The Balaban J connectivity index is 1.32. The zero-order chi connectivity index (χ0) is 18.6. The van der Waals surface area contributed by atoms with E-state index in [1.165, 1.54) is 11.3 Å². The van der Waals surface area contributed by atoms with Gasteiger partial charge in [0.1, 0.15) is 23.1 Å². The number of halogens is 1. The topological polar surface area (TPSA) is 69.7 Å². The standard InChI is InChI=1S/C19H15ClN2O4S/c20-13-2-1-3-14(7-13)24-9-18-22-15(10-27-18)19(23)21-8-12-4-5-16-17(6-12)26-11-25-16/h1-7,10H,8-9,11H2,(H,21,23). The molecule has 0 saturated carbocycles. The monoisotopic (exact) mass is 402 g/mol. The van der Waals surface area contributed by atoms with E-state index in [1.54, 1.807) is 17.5 Å². The summed E-state index contributed by atoms with van der Waals surface area (Å²) in [4.78, 5) is 16.6. The van der Waals surface area contributed by atoms with Gasteiger partial charge in [0.15, 0.2) is 11.5 Å². The first kappa shape index (κ1) is 17.6. The Morgan fingerprint density at radius 1 is 1.22 bits per heavy atom. The van der Waals surface area contributed by atoms with Gasteiger partial charge in [0.05, 0.1) is 0 Å². The van der Waals surface area contributed by atoms with Crippen LogP contribution in [0.2, 0.25) is 5.02 Å². The van der Waals surface area contributed by atoms with Crippen molar-refractivity contribution in [2.75, 3.05) is 6.79 Å². The zero-order valence-corrected chi connectivity index (χ0v) is 15.7. The fraction of sp³-hybridized carbons (Fsp3) is 0.158. The van der Waals surface area contributed by atoms with Crippen LogP contribution in [0, 0.1) is 0 Å². The predicted octanol–water partition coefficient (Wildman–Crippen LogP) is 4.03. The molecule has 1 amide bonds. The summed E-state index contributed by atoms with van der Waals surface area (Å²) in [6.45, 7) is 0.881. The molecular weight excluding hydrogens is 388 g/mol. The van der Waals surface area contributed by atoms with E-state index in [2.05, 4.69) is 10.3 Å². The Kier molecular flexibility index (Phi) is 5.13. The quantitative estimate of drug-likeness (QED) is 0.674. The number of aromatic nitrogens is 1. The number of amides is 1. The zero-order valence-electron chi connectivity index (χ0n) is 14.1. The Bertz CT molecular complexity index is 976. The number of hydrogen-bond donors (Lipinski definition) is 1. The maximum Gasteiger partial charge on any atom is 0.271 e. The van der Waals surface area contributed by atoms with Gasteiger partial charge in [-0.1, -0.05) is 23.7 Å². The van der Waals surface area contributed by atoms with Crippen LogP contribution >= 0.6 is 22.9 Å². The van der Waals surface area contributed by atoms with Gasteiger partial charge in [0, 0.05) is 16.9 Å². The van der Waals surface area contributed by atoms with Gasteiger partial charge in [-0.15, -0.1) is 11.3 Å². The molecule has 0 fully saturated rings. The van der Waals surface area contributed by atoms with Crippen LogP contribution in [0.3, 0.4) is 0 Å². The molecule has 0 unspecified atom stereocenters. The first-order valence-electron chi connectivity index (χ1n) is 8.17. The molecule has 138 valence electrons. The smallest absolute Gasteiger partial charge is 0.271 e. The third-order valence-corrected chi connectivity index (χ3v) is 4.89. The van der Waals surface area contributed by atoms with Crippen LogP contribution in [0.25, 0.3) is 0 Å². The highest BCUT2D eigenvalue weighted by Gasteiger charge is 2.15. The van der Waals surface area contributed by atoms with Crippen LogP contribution in [0.1, 0.15) is 21.1 Å². The van der Waals surface area contributed by atoms with E-state index < -0.39 is 0 Å². The fourth-order valence-corrected chi connectivity index (χ4v) is 3.37. The van der Waals surface area contributed by atoms with E-state index in [4.69, 9.17) is 25.8 Å². The average Bonchev–Trinajstić information content (AvgIpc) is 3.33. The maximum atomic E-state index is 12.3. The minimum Gasteiger partial charge on any atom is -0.486 e. The summed E-state index contributed by atoms with van der Waals surface area (Å²) in [5, 5.41) is 5.88. The Morgan fingerprint density at radius 3 is 3.00 bits per heavy atom. The number of carbonyl (C=O) groups excluding carboxylic acids is 1. The summed E-state index contributed by atoms with van der Waals surface area (Å²) in [6.07, 6.45) is 0. The molecule has 0 aliphatic carbocycles. The SMILES string of the molecule is O=C(NCc1ccc2c(c1)OCO2)c1csc(COc2cccc(Cl)c2)n1. The van der Waals surface area contributed by atoms with E-state index in [0.717, 1.165) is 5.56 Å². The summed E-state index contributed by atoms with van der Waals surface area (Å²) in [5.41, 5.74) is 1.29. The van der Waals surface area contributed by atoms with Crippen molar-refractivity contribution < 1.29 is 19.0 Å². The van der Waals surface area contributed by atoms with E-state index in [9.17, 15) is 4.79 Å². The molecule has 4 rings (SSSR count). The molecule has 2 aromatic carbocycles. The minimum absolute atomic E-state index is 0.226. The van der Waals surface area contributed by atoms with Gasteiger partial charge in [0.25, 0.3) is 5.91 Å². The first-order chi connectivity index (χ1) is 13.2. The number of nitrogens with one attached hydrogen (secondary N) is 1. The number of rotatable bonds is 6. The molecule has 27 heavy (non-hydrogen) atoms. The maximum absolute atomic E-state index is 12.3. The van der Waals surface area contributed by atoms with Gasteiger partial charge in [-0.25, -0.2) is 4.98 Å². The highest BCUT2D eigenvalue weighted by Crippen LogP contribution is 2.32. The second-order valence-corrected chi connectivity index (χ2v) is 7.12. The summed E-state index contributed by atoms with van der Waals surface area (Å²) in [7, 11) is 0. The molecular formula is C19H15ClN2O4S. The Labute approximate surface area is 164 Å². The van der Waals surface area contributed by atoms with Crippen molar-refractivity contribution in [3.63, 3.8) is 0 Å². The van der Waals surface area contributed by atoms with Crippen molar-refractivity contribution >= 4 is 28.8 Å². The van der Waals surface area contributed by atoms with Gasteiger partial charge in [-0.3, -0.25) is 4.79 Å². The Morgan fingerprint density at radius 2 is 2.11 bits per heavy atom. The minimum atomic E-state index is -0.238. The van der Waals surface area contributed by atoms with Crippen LogP contribution in [0.4, 0.5) is 0 Å². The molecule has 1 aromatic heterocycles. The highest BCUT2D eigenvalue weighted by atomic mass is 35.5. The first-order valence-corrected chi connectivity index (χ1v) is 9.42. The van der Waals surface area contributed by atoms with Crippen LogP contribution in [-0.2, 0) is 13.2 Å². The number of ether oxygens (including phenoxy) is 3. The van der Waals surface area contributed by atoms with Crippen molar-refractivity contribution in [3.05, 3.63) is 69.1 Å². The molecule has 0 saturated heterocycles. The molecule has 6 nitrogen and oxygen atoms in total. The lowest BCUT2D eigenvalue weighted by Crippen LogP contribution is -2.23. The molecule has 0 atom stereocenters. The van der Waals surface area contributed by atoms with Gasteiger partial charge < -0.3 is 19.5 Å². The third-order valence-electron chi connectivity index (χ3n) is 3.83. The van der Waals surface area contributed by atoms with E-state index in [0.29, 0.717) is 39.5 Å². The number of nitrogens with zero attached hydrogens (tertiary/aromatic N) is 1. The summed E-state index contributed by atoms with van der Waals surface area (Å²) >= 11 is 7.30. The van der Waals surface area contributed by atoms with Gasteiger partial charge in [-0.2, -0.15) is 0 Å². The van der Waals surface area contributed by atoms with Gasteiger partial charge in [0.2, 0.25) is 6.79 Å². The largest absolute Gasteiger partial charge is 0.486 e. The molecule has 0 spiro atoms. The molecule has 3 aromatic rings. The summed E-state index contributed by atoms with van der Waals surface area (Å²) in [6, 6.07) is 12.7. The normalized spacial score (nSPS) is 12.0. The molecule has 0 bridgehead atoms. The molecule has 0 radical (unpaired) electrons. The molecule has 8 heteroatoms. The summed E-state index contributed by atoms with van der Waals surface area (Å²) < 4.78 is 16.3. The predicted molar refractivity (Wildman–Crippen MR) is 102 cm³/mol. The lowest BCUT2D eigenvalue weighted by atomic mass is 10.2. The third kappa shape index (κ3) is 4.32. The Hall–Kier alpha value is -2.77. The lowest BCUT2D eigenvalue weighted by molar-refractivity contribution is 0.0946. The second-order valence-electron chi connectivity index (χ2n) is 5.74. The van der Waals surface area contributed by atoms with Gasteiger partial charge >= 0.3 is 0 Å². The number of thiazole rings is 1. The molecule has 1 aliphatic rings. The molecule has 1 aliphatic heterocycles. The van der Waals surface area contributed by atoms with Crippen molar-refractivity contribution in [2.24, 2.45) is 0 Å². The van der Waals surface area contributed by atoms with E-state index in [-0.39, 0.29) is 19.3 Å². The average molecular weight is 403 g/mol. The van der Waals surface area contributed by atoms with E-state index >= 15 is 0 Å². The molecule has 1 N–H and O–H groups in total. The fourth-order valence-electron chi connectivity index (χ4n) is 2.51.